The molecule has 0 amide bonds. The molecule has 0 aliphatic rings. The van der Waals surface area contributed by atoms with Gasteiger partial charge in [-0.1, -0.05) is 12.1 Å². The molecule has 0 bridgehead atoms. The van der Waals surface area contributed by atoms with Crippen molar-refractivity contribution < 1.29 is 14.9 Å². The maximum absolute atomic E-state index is 10.6. The Morgan fingerprint density at radius 2 is 2.44 bits per heavy atom. The van der Waals surface area contributed by atoms with Gasteiger partial charge in [-0.15, -0.1) is 0 Å². The van der Waals surface area contributed by atoms with Gasteiger partial charge in [-0.25, -0.2) is 4.98 Å². The predicted octanol–water partition coefficient (Wildman–Crippen LogP) is 1.26. The molecule has 1 unspecified atom stereocenters. The quantitative estimate of drug-likeness (QED) is 0.268. The molecule has 0 saturated carbocycles. The Kier molecular flexibility index (Phi) is 4.41. The minimum absolute atomic E-state index is 0.0898. The maximum atomic E-state index is 10.6. The Morgan fingerprint density at radius 3 is 2.94 bits per heavy atom. The average Bonchev–Trinajstić information content (AvgIpc) is 2.37. The molecule has 1 rings (SSSR count). The summed E-state index contributed by atoms with van der Waals surface area (Å²) in [6.45, 7) is 3.73. The van der Waals surface area contributed by atoms with Crippen LogP contribution < -0.4 is 10.5 Å². The zero-order valence-electron chi connectivity index (χ0n) is 10.0. The molecule has 0 saturated heterocycles. The van der Waals surface area contributed by atoms with Crippen molar-refractivity contribution in [3.63, 3.8) is 0 Å². The van der Waals surface area contributed by atoms with Crippen molar-refractivity contribution >= 4 is 11.5 Å². The van der Waals surface area contributed by atoms with E-state index in [-0.39, 0.29) is 29.1 Å². The lowest BCUT2D eigenvalue weighted by atomic mass is 10.2. The summed E-state index contributed by atoms with van der Waals surface area (Å²) in [4.78, 5) is 13.8. The van der Waals surface area contributed by atoms with Crippen molar-refractivity contribution in [3.05, 3.63) is 27.9 Å². The van der Waals surface area contributed by atoms with Crippen LogP contribution in [0, 0.1) is 10.1 Å². The van der Waals surface area contributed by atoms with Crippen LogP contribution in [0.1, 0.15) is 25.8 Å². The molecule has 0 fully saturated rings. The molecule has 0 aromatic carbocycles. The van der Waals surface area contributed by atoms with Gasteiger partial charge in [-0.2, -0.15) is 0 Å². The van der Waals surface area contributed by atoms with Crippen LogP contribution in [0.2, 0.25) is 0 Å². The van der Waals surface area contributed by atoms with Gasteiger partial charge >= 0.3 is 0 Å². The average molecular weight is 254 g/mol. The van der Waals surface area contributed by atoms with Gasteiger partial charge in [0.1, 0.15) is 6.20 Å². The number of hydrogen-bond acceptors (Lipinski definition) is 6. The summed E-state index contributed by atoms with van der Waals surface area (Å²) < 4.78 is 5.45. The van der Waals surface area contributed by atoms with Gasteiger partial charge < -0.3 is 15.7 Å². The fourth-order valence-corrected chi connectivity index (χ4v) is 1.15. The van der Waals surface area contributed by atoms with E-state index in [2.05, 4.69) is 10.1 Å². The Balaban J connectivity index is 3.21. The van der Waals surface area contributed by atoms with Gasteiger partial charge in [-0.05, 0) is 13.3 Å². The lowest BCUT2D eigenvalue weighted by molar-refractivity contribution is -0.385. The maximum Gasteiger partial charge on any atom is 0.288 e. The Labute approximate surface area is 103 Å². The summed E-state index contributed by atoms with van der Waals surface area (Å²) >= 11 is 0. The number of amidine groups is 1. The first-order chi connectivity index (χ1) is 8.49. The second-order valence-electron chi connectivity index (χ2n) is 3.63. The molecule has 1 aromatic heterocycles. The van der Waals surface area contributed by atoms with Crippen LogP contribution in [0.15, 0.2) is 17.4 Å². The van der Waals surface area contributed by atoms with E-state index in [9.17, 15) is 10.1 Å². The van der Waals surface area contributed by atoms with E-state index in [1.54, 1.807) is 0 Å². The molecule has 8 heteroatoms. The first-order valence-electron chi connectivity index (χ1n) is 5.28. The van der Waals surface area contributed by atoms with E-state index in [4.69, 9.17) is 15.7 Å². The molecule has 1 atom stereocenters. The predicted molar refractivity (Wildman–Crippen MR) is 63.8 cm³/mol. The van der Waals surface area contributed by atoms with Crippen molar-refractivity contribution in [3.8, 4) is 5.88 Å². The topological polar surface area (TPSA) is 124 Å². The van der Waals surface area contributed by atoms with Gasteiger partial charge in [-0.3, -0.25) is 10.1 Å². The molecule has 0 aliphatic carbocycles. The summed E-state index contributed by atoms with van der Waals surface area (Å²) in [6.07, 6.45) is 1.66. The second-order valence-corrected chi connectivity index (χ2v) is 3.63. The number of nitrogens with zero attached hydrogens (tertiary/aromatic N) is 3. The fraction of sp³-hybridized carbons (Fsp3) is 0.400. The number of ether oxygens (including phenoxy) is 1. The van der Waals surface area contributed by atoms with E-state index in [1.807, 2.05) is 13.8 Å². The highest BCUT2D eigenvalue weighted by Crippen LogP contribution is 2.22. The lowest BCUT2D eigenvalue weighted by Crippen LogP contribution is -2.19. The molecule has 1 heterocycles. The standard InChI is InChI=1S/C10H14N4O4/c1-3-6(2)18-10-8(9(11)13-15)4-7(5-12-10)14(16)17/h4-6,15H,3H2,1-2H3,(H2,11,13). The molecule has 0 radical (unpaired) electrons. The summed E-state index contributed by atoms with van der Waals surface area (Å²) in [5, 5.41) is 22.1. The largest absolute Gasteiger partial charge is 0.474 e. The molecular formula is C10H14N4O4. The van der Waals surface area contributed by atoms with Crippen molar-refractivity contribution in [1.29, 1.82) is 0 Å². The highest BCUT2D eigenvalue weighted by Gasteiger charge is 2.17. The van der Waals surface area contributed by atoms with Gasteiger partial charge in [0.25, 0.3) is 5.69 Å². The van der Waals surface area contributed by atoms with Gasteiger partial charge in [0.05, 0.1) is 16.6 Å². The number of aromatic nitrogens is 1. The van der Waals surface area contributed by atoms with Crippen LogP contribution in [0.3, 0.4) is 0 Å². The van der Waals surface area contributed by atoms with Crippen LogP contribution in [-0.2, 0) is 0 Å². The molecule has 8 nitrogen and oxygen atoms in total. The normalized spacial score (nSPS) is 13.1. The third kappa shape index (κ3) is 3.06. The number of rotatable bonds is 5. The highest BCUT2D eigenvalue weighted by molar-refractivity contribution is 5.99. The number of oxime groups is 1. The SMILES string of the molecule is CCC(C)Oc1ncc([N+](=O)[O-])cc1/C(N)=N\O. The number of nitrogens with two attached hydrogens (primary N) is 1. The molecule has 1 aromatic rings. The molecule has 98 valence electrons. The van der Waals surface area contributed by atoms with Gasteiger partial charge in [0, 0.05) is 6.07 Å². The smallest absolute Gasteiger partial charge is 0.288 e. The van der Waals surface area contributed by atoms with Gasteiger partial charge in [0.2, 0.25) is 5.88 Å². The summed E-state index contributed by atoms with van der Waals surface area (Å²) in [5.74, 6) is -0.185. The zero-order valence-corrected chi connectivity index (χ0v) is 10.0. The van der Waals surface area contributed by atoms with E-state index < -0.39 is 4.92 Å². The van der Waals surface area contributed by atoms with E-state index in [1.165, 1.54) is 0 Å². The van der Waals surface area contributed by atoms with Crippen LogP contribution in [0.4, 0.5) is 5.69 Å². The molecule has 18 heavy (non-hydrogen) atoms. The third-order valence-corrected chi connectivity index (χ3v) is 2.32. The summed E-state index contributed by atoms with van der Waals surface area (Å²) in [7, 11) is 0. The first kappa shape index (κ1) is 13.7. The van der Waals surface area contributed by atoms with E-state index >= 15 is 0 Å². The monoisotopic (exact) mass is 254 g/mol. The minimum Gasteiger partial charge on any atom is -0.474 e. The summed E-state index contributed by atoms with van der Waals surface area (Å²) in [5.41, 5.74) is 5.27. The number of pyridine rings is 1. The summed E-state index contributed by atoms with van der Waals surface area (Å²) in [6, 6.07) is 1.15. The Bertz CT molecular complexity index is 475. The molecule has 3 N–H and O–H groups in total. The lowest BCUT2D eigenvalue weighted by Gasteiger charge is -2.13. The van der Waals surface area contributed by atoms with Crippen LogP contribution >= 0.6 is 0 Å². The highest BCUT2D eigenvalue weighted by atomic mass is 16.6. The van der Waals surface area contributed by atoms with Crippen molar-refractivity contribution in [1.82, 2.24) is 4.98 Å². The van der Waals surface area contributed by atoms with E-state index in [0.29, 0.717) is 0 Å². The van der Waals surface area contributed by atoms with Crippen molar-refractivity contribution in [2.75, 3.05) is 0 Å². The van der Waals surface area contributed by atoms with Crippen LogP contribution in [0.25, 0.3) is 0 Å². The molecular weight excluding hydrogens is 240 g/mol. The molecule has 0 spiro atoms. The zero-order chi connectivity index (χ0) is 13.7. The first-order valence-corrected chi connectivity index (χ1v) is 5.28. The van der Waals surface area contributed by atoms with Crippen molar-refractivity contribution in [2.45, 2.75) is 26.4 Å². The molecule has 0 aliphatic heterocycles. The van der Waals surface area contributed by atoms with Crippen molar-refractivity contribution in [2.24, 2.45) is 10.9 Å². The number of hydrogen-bond donors (Lipinski definition) is 2. The Morgan fingerprint density at radius 1 is 1.78 bits per heavy atom. The number of nitro groups is 1. The van der Waals surface area contributed by atoms with Crippen LogP contribution in [-0.4, -0.2) is 27.1 Å². The van der Waals surface area contributed by atoms with Crippen LogP contribution in [0.5, 0.6) is 5.88 Å². The van der Waals surface area contributed by atoms with E-state index in [0.717, 1.165) is 18.7 Å². The second kappa shape index (κ2) is 5.80. The van der Waals surface area contributed by atoms with Gasteiger partial charge in [0.15, 0.2) is 5.84 Å². The minimum atomic E-state index is -0.617. The third-order valence-electron chi connectivity index (χ3n) is 2.32. The Hall–Kier alpha value is -2.38. The fourth-order valence-electron chi connectivity index (χ4n) is 1.15.